The first-order valence-electron chi connectivity index (χ1n) is 4.57. The van der Waals surface area contributed by atoms with Crippen molar-refractivity contribution in [3.8, 4) is 0 Å². The lowest BCUT2D eigenvalue weighted by Crippen LogP contribution is -2.25. The smallest absolute Gasteiger partial charge is 0.407 e. The molecule has 0 bridgehead atoms. The van der Waals surface area contributed by atoms with Gasteiger partial charge < -0.3 is 10.1 Å². The van der Waals surface area contributed by atoms with Gasteiger partial charge in [-0.15, -0.1) is 0 Å². The van der Waals surface area contributed by atoms with Gasteiger partial charge in [0, 0.05) is 6.54 Å². The molecule has 0 aliphatic rings. The highest BCUT2D eigenvalue weighted by atomic mass is 16.5. The third-order valence-corrected chi connectivity index (χ3v) is 0.869. The zero-order valence-electron chi connectivity index (χ0n) is 8.81. The zero-order valence-corrected chi connectivity index (χ0v) is 8.81. The van der Waals surface area contributed by atoms with Gasteiger partial charge in [0.1, 0.15) is 0 Å². The highest BCUT2D eigenvalue weighted by Crippen LogP contribution is 1.91. The van der Waals surface area contributed by atoms with E-state index in [2.05, 4.69) is 5.32 Å². The number of amides is 1. The average Bonchev–Trinajstić information content (AvgIpc) is 2.05. The summed E-state index contributed by atoms with van der Waals surface area (Å²) in [5, 5.41) is 2.54. The topological polar surface area (TPSA) is 38.3 Å². The first-order valence-corrected chi connectivity index (χ1v) is 4.57. The normalized spacial score (nSPS) is 8.50. The molecule has 0 aliphatic carbocycles. The van der Waals surface area contributed by atoms with Crippen molar-refractivity contribution in [3.63, 3.8) is 0 Å². The molecule has 3 heteroatoms. The second-order valence-corrected chi connectivity index (χ2v) is 2.52. The molecule has 0 rings (SSSR count). The molecule has 0 spiro atoms. The van der Waals surface area contributed by atoms with E-state index in [9.17, 15) is 4.79 Å². The van der Waals surface area contributed by atoms with Crippen LogP contribution in [0.3, 0.4) is 0 Å². The Labute approximate surface area is 75.5 Å². The van der Waals surface area contributed by atoms with Crippen molar-refractivity contribution in [3.05, 3.63) is 0 Å². The van der Waals surface area contributed by atoms with Gasteiger partial charge in [0.15, 0.2) is 0 Å². The molecule has 0 saturated carbocycles. The van der Waals surface area contributed by atoms with Crippen molar-refractivity contribution < 1.29 is 9.53 Å². The average molecular weight is 175 g/mol. The van der Waals surface area contributed by atoms with Crippen molar-refractivity contribution in [2.45, 2.75) is 34.6 Å². The number of hydrogen-bond donors (Lipinski definition) is 1. The Bertz CT molecular complexity index is 103. The molecule has 0 radical (unpaired) electrons. The summed E-state index contributed by atoms with van der Waals surface area (Å²) in [5.41, 5.74) is 0. The minimum atomic E-state index is -0.323. The molecular formula is C9H21NO2. The maximum Gasteiger partial charge on any atom is 0.407 e. The molecule has 0 aromatic heterocycles. The quantitative estimate of drug-likeness (QED) is 0.715. The molecule has 0 unspecified atom stereocenters. The van der Waals surface area contributed by atoms with Crippen molar-refractivity contribution >= 4 is 6.09 Å². The Morgan fingerprint density at radius 1 is 1.42 bits per heavy atom. The van der Waals surface area contributed by atoms with Gasteiger partial charge in [0.05, 0.1) is 6.61 Å². The Hall–Kier alpha value is -0.730. The van der Waals surface area contributed by atoms with Gasteiger partial charge in [-0.2, -0.15) is 0 Å². The van der Waals surface area contributed by atoms with Crippen LogP contribution in [0.2, 0.25) is 0 Å². The summed E-state index contributed by atoms with van der Waals surface area (Å²) in [6, 6.07) is 0. The van der Waals surface area contributed by atoms with Crippen LogP contribution in [0.15, 0.2) is 0 Å². The van der Waals surface area contributed by atoms with E-state index in [1.54, 1.807) is 0 Å². The van der Waals surface area contributed by atoms with Crippen LogP contribution in [0, 0.1) is 5.92 Å². The summed E-state index contributed by atoms with van der Waals surface area (Å²) in [5.74, 6) is 0.405. The fourth-order valence-corrected chi connectivity index (χ4v) is 0.438. The minimum Gasteiger partial charge on any atom is -0.449 e. The molecule has 12 heavy (non-hydrogen) atoms. The summed E-state index contributed by atoms with van der Waals surface area (Å²) in [7, 11) is 0. The van der Waals surface area contributed by atoms with E-state index >= 15 is 0 Å². The number of nitrogens with one attached hydrogen (secondary N) is 1. The van der Waals surface area contributed by atoms with Crippen LogP contribution in [-0.2, 0) is 4.74 Å². The van der Waals surface area contributed by atoms with E-state index in [-0.39, 0.29) is 6.09 Å². The second-order valence-electron chi connectivity index (χ2n) is 2.52. The lowest BCUT2D eigenvalue weighted by atomic mass is 10.2. The van der Waals surface area contributed by atoms with E-state index in [0.29, 0.717) is 19.1 Å². The first-order chi connectivity index (χ1) is 5.66. The Morgan fingerprint density at radius 3 is 2.25 bits per heavy atom. The summed E-state index contributed by atoms with van der Waals surface area (Å²) >= 11 is 0. The van der Waals surface area contributed by atoms with E-state index in [1.165, 1.54) is 0 Å². The molecule has 0 saturated heterocycles. The van der Waals surface area contributed by atoms with Gasteiger partial charge in [-0.05, 0) is 12.8 Å². The molecule has 0 atom stereocenters. The van der Waals surface area contributed by atoms with Crippen LogP contribution in [-0.4, -0.2) is 19.2 Å². The van der Waals surface area contributed by atoms with Crippen LogP contribution >= 0.6 is 0 Å². The summed E-state index contributed by atoms with van der Waals surface area (Å²) in [6.45, 7) is 11.0. The molecule has 1 N–H and O–H groups in total. The van der Waals surface area contributed by atoms with Crippen LogP contribution in [0.25, 0.3) is 0 Å². The molecule has 0 aromatic rings. The van der Waals surface area contributed by atoms with E-state index < -0.39 is 0 Å². The van der Waals surface area contributed by atoms with Crippen LogP contribution in [0.5, 0.6) is 0 Å². The lowest BCUT2D eigenvalue weighted by molar-refractivity contribution is 0.133. The molecule has 1 amide bonds. The Balaban J connectivity index is 0. The SMILES string of the molecule is CC.CCNC(=O)OCC(C)C. The van der Waals surface area contributed by atoms with E-state index in [1.807, 2.05) is 34.6 Å². The number of carbonyl (C=O) groups is 1. The summed E-state index contributed by atoms with van der Waals surface area (Å²) in [4.78, 5) is 10.6. The van der Waals surface area contributed by atoms with Gasteiger partial charge in [0.25, 0.3) is 0 Å². The van der Waals surface area contributed by atoms with Gasteiger partial charge in [-0.1, -0.05) is 27.7 Å². The molecule has 74 valence electrons. The number of hydrogen-bond acceptors (Lipinski definition) is 2. The van der Waals surface area contributed by atoms with Gasteiger partial charge >= 0.3 is 6.09 Å². The maximum absolute atomic E-state index is 10.6. The fraction of sp³-hybridized carbons (Fsp3) is 0.889. The monoisotopic (exact) mass is 175 g/mol. The first kappa shape index (κ1) is 13.8. The van der Waals surface area contributed by atoms with E-state index in [0.717, 1.165) is 0 Å². The molecule has 0 aliphatic heterocycles. The largest absolute Gasteiger partial charge is 0.449 e. The highest BCUT2D eigenvalue weighted by Gasteiger charge is 1.99. The van der Waals surface area contributed by atoms with Crippen molar-refractivity contribution in [2.24, 2.45) is 5.92 Å². The molecule has 0 heterocycles. The third-order valence-electron chi connectivity index (χ3n) is 0.869. The van der Waals surface area contributed by atoms with Crippen LogP contribution in [0.4, 0.5) is 4.79 Å². The van der Waals surface area contributed by atoms with Gasteiger partial charge in [0.2, 0.25) is 0 Å². The number of rotatable bonds is 3. The van der Waals surface area contributed by atoms with Crippen molar-refractivity contribution in [1.82, 2.24) is 5.32 Å². The number of alkyl carbamates (subject to hydrolysis) is 1. The highest BCUT2D eigenvalue weighted by molar-refractivity contribution is 5.66. The third kappa shape index (κ3) is 12.0. The second kappa shape index (κ2) is 10.3. The van der Waals surface area contributed by atoms with Crippen molar-refractivity contribution in [1.29, 1.82) is 0 Å². The molecule has 0 fully saturated rings. The molecular weight excluding hydrogens is 154 g/mol. The fourth-order valence-electron chi connectivity index (χ4n) is 0.438. The standard InChI is InChI=1S/C7H15NO2.C2H6/c1-4-8-7(9)10-5-6(2)3;1-2/h6H,4-5H2,1-3H3,(H,8,9);1-2H3. The van der Waals surface area contributed by atoms with Gasteiger partial charge in [-0.3, -0.25) is 0 Å². The maximum atomic E-state index is 10.6. The minimum absolute atomic E-state index is 0.323. The molecule has 3 nitrogen and oxygen atoms in total. The Morgan fingerprint density at radius 2 is 1.92 bits per heavy atom. The van der Waals surface area contributed by atoms with Crippen molar-refractivity contribution in [2.75, 3.05) is 13.2 Å². The Kier molecular flexibility index (Phi) is 11.8. The number of ether oxygens (including phenoxy) is 1. The van der Waals surface area contributed by atoms with Crippen LogP contribution < -0.4 is 5.32 Å². The van der Waals surface area contributed by atoms with Gasteiger partial charge in [-0.25, -0.2) is 4.79 Å². The predicted octanol–water partition coefficient (Wildman–Crippen LogP) is 2.41. The molecule has 0 aromatic carbocycles. The van der Waals surface area contributed by atoms with Crippen LogP contribution in [0.1, 0.15) is 34.6 Å². The predicted molar refractivity (Wildman–Crippen MR) is 51.2 cm³/mol. The summed E-state index contributed by atoms with van der Waals surface area (Å²) < 4.78 is 4.79. The number of carbonyl (C=O) groups excluding carboxylic acids is 1. The zero-order chi connectivity index (χ0) is 9.98. The van der Waals surface area contributed by atoms with E-state index in [4.69, 9.17) is 4.74 Å². The lowest BCUT2D eigenvalue weighted by Gasteiger charge is -2.06. The summed E-state index contributed by atoms with van der Waals surface area (Å²) in [6.07, 6.45) is -0.323.